The topological polar surface area (TPSA) is 9.23 Å². The van der Waals surface area contributed by atoms with Gasteiger partial charge in [-0.25, -0.2) is 0 Å². The molecule has 2 atom stereocenters. The summed E-state index contributed by atoms with van der Waals surface area (Å²) >= 11 is 5.93. The van der Waals surface area contributed by atoms with E-state index in [4.69, 9.17) is 16.3 Å². The van der Waals surface area contributed by atoms with E-state index in [9.17, 15) is 0 Å². The zero-order valence-electron chi connectivity index (χ0n) is 9.82. The highest BCUT2D eigenvalue weighted by Gasteiger charge is 2.38. The van der Waals surface area contributed by atoms with Crippen LogP contribution in [0.3, 0.4) is 0 Å². The Labute approximate surface area is 106 Å². The maximum absolute atomic E-state index is 5.93. The van der Waals surface area contributed by atoms with Gasteiger partial charge in [0.2, 0.25) is 0 Å². The minimum absolute atomic E-state index is 0.642. The summed E-state index contributed by atoms with van der Waals surface area (Å²) in [5, 5.41) is 2.51. The van der Waals surface area contributed by atoms with Crippen molar-refractivity contribution in [2.45, 2.75) is 12.3 Å². The van der Waals surface area contributed by atoms with Gasteiger partial charge in [0.05, 0.1) is 7.11 Å². The van der Waals surface area contributed by atoms with Crippen molar-refractivity contribution in [1.82, 2.24) is 0 Å². The molecule has 0 radical (unpaired) electrons. The Hall–Kier alpha value is -1.21. The number of hydrogen-bond acceptors (Lipinski definition) is 1. The summed E-state index contributed by atoms with van der Waals surface area (Å²) in [6, 6.07) is 12.7. The van der Waals surface area contributed by atoms with Crippen LogP contribution in [0.2, 0.25) is 0 Å². The van der Waals surface area contributed by atoms with Crippen LogP contribution in [0.15, 0.2) is 36.4 Å². The lowest BCUT2D eigenvalue weighted by Crippen LogP contribution is -1.90. The molecule has 1 fully saturated rings. The van der Waals surface area contributed by atoms with Crippen molar-refractivity contribution in [2.24, 2.45) is 5.92 Å². The average Bonchev–Trinajstić information content (AvgIpc) is 3.16. The van der Waals surface area contributed by atoms with Crippen LogP contribution in [0.4, 0.5) is 0 Å². The van der Waals surface area contributed by atoms with Crippen LogP contribution in [-0.4, -0.2) is 13.0 Å². The van der Waals surface area contributed by atoms with E-state index in [-0.39, 0.29) is 0 Å². The molecule has 1 nitrogen and oxygen atoms in total. The summed E-state index contributed by atoms with van der Waals surface area (Å²) in [4.78, 5) is 0. The van der Waals surface area contributed by atoms with E-state index >= 15 is 0 Å². The first-order valence-corrected chi connectivity index (χ1v) is 6.50. The number of benzene rings is 2. The molecule has 1 aliphatic carbocycles. The van der Waals surface area contributed by atoms with Gasteiger partial charge >= 0.3 is 0 Å². The maximum Gasteiger partial charge on any atom is 0.126 e. The SMILES string of the molecule is COc1ccc(C2CC2CCl)c2ccccc12. The molecule has 0 heterocycles. The summed E-state index contributed by atoms with van der Waals surface area (Å²) in [5.41, 5.74) is 1.42. The van der Waals surface area contributed by atoms with Crippen LogP contribution in [0.5, 0.6) is 5.75 Å². The Bertz CT molecular complexity index is 550. The molecule has 0 spiro atoms. The quantitative estimate of drug-likeness (QED) is 0.738. The van der Waals surface area contributed by atoms with E-state index in [0.29, 0.717) is 11.8 Å². The smallest absolute Gasteiger partial charge is 0.126 e. The molecular formula is C15H15ClO. The van der Waals surface area contributed by atoms with E-state index < -0.39 is 0 Å². The summed E-state index contributed by atoms with van der Waals surface area (Å²) in [7, 11) is 1.72. The molecule has 1 saturated carbocycles. The van der Waals surface area contributed by atoms with E-state index in [1.165, 1.54) is 22.8 Å². The molecule has 3 rings (SSSR count). The Morgan fingerprint density at radius 1 is 1.18 bits per heavy atom. The molecule has 2 aromatic rings. The second-order valence-corrected chi connectivity index (χ2v) is 4.97. The molecule has 0 amide bonds. The van der Waals surface area contributed by atoms with Gasteiger partial charge in [0.25, 0.3) is 0 Å². The summed E-state index contributed by atoms with van der Waals surface area (Å²) in [5.74, 6) is 3.02. The predicted molar refractivity (Wildman–Crippen MR) is 72.1 cm³/mol. The van der Waals surface area contributed by atoms with Crippen molar-refractivity contribution >= 4 is 22.4 Å². The predicted octanol–water partition coefficient (Wildman–Crippen LogP) is 4.19. The van der Waals surface area contributed by atoms with E-state index in [1.807, 2.05) is 0 Å². The fraction of sp³-hybridized carbons (Fsp3) is 0.333. The van der Waals surface area contributed by atoms with Crippen molar-refractivity contribution in [1.29, 1.82) is 0 Å². The molecule has 2 heteroatoms. The van der Waals surface area contributed by atoms with Gasteiger partial charge in [-0.05, 0) is 35.3 Å². The highest BCUT2D eigenvalue weighted by atomic mass is 35.5. The molecule has 0 aromatic heterocycles. The highest BCUT2D eigenvalue weighted by Crippen LogP contribution is 2.50. The van der Waals surface area contributed by atoms with Crippen molar-refractivity contribution in [3.8, 4) is 5.75 Å². The summed E-state index contributed by atoms with van der Waals surface area (Å²) in [6.45, 7) is 0. The van der Waals surface area contributed by atoms with Crippen LogP contribution in [0, 0.1) is 5.92 Å². The number of methoxy groups -OCH3 is 1. The maximum atomic E-state index is 5.93. The molecule has 0 bridgehead atoms. The van der Waals surface area contributed by atoms with Crippen molar-refractivity contribution in [2.75, 3.05) is 13.0 Å². The zero-order chi connectivity index (χ0) is 11.8. The minimum atomic E-state index is 0.642. The largest absolute Gasteiger partial charge is 0.496 e. The molecule has 0 aliphatic heterocycles. The number of fused-ring (bicyclic) bond motifs is 1. The Morgan fingerprint density at radius 3 is 2.59 bits per heavy atom. The van der Waals surface area contributed by atoms with Gasteiger partial charge in [-0.2, -0.15) is 0 Å². The van der Waals surface area contributed by atoms with Gasteiger partial charge in [-0.3, -0.25) is 0 Å². The first kappa shape index (κ1) is 10.9. The summed E-state index contributed by atoms with van der Waals surface area (Å²) < 4.78 is 5.41. The van der Waals surface area contributed by atoms with E-state index in [1.54, 1.807) is 7.11 Å². The van der Waals surface area contributed by atoms with Crippen LogP contribution in [0.25, 0.3) is 10.8 Å². The van der Waals surface area contributed by atoms with Gasteiger partial charge in [-0.1, -0.05) is 30.3 Å². The highest BCUT2D eigenvalue weighted by molar-refractivity contribution is 6.18. The first-order valence-electron chi connectivity index (χ1n) is 5.96. The summed E-state index contributed by atoms with van der Waals surface area (Å²) in [6.07, 6.45) is 1.22. The van der Waals surface area contributed by atoms with Crippen molar-refractivity contribution < 1.29 is 4.74 Å². The van der Waals surface area contributed by atoms with Crippen LogP contribution < -0.4 is 4.74 Å². The molecule has 88 valence electrons. The van der Waals surface area contributed by atoms with Gasteiger partial charge in [-0.15, -0.1) is 11.6 Å². The monoisotopic (exact) mass is 246 g/mol. The minimum Gasteiger partial charge on any atom is -0.496 e. The third kappa shape index (κ3) is 1.79. The number of alkyl halides is 1. The molecule has 2 unspecified atom stereocenters. The fourth-order valence-electron chi connectivity index (χ4n) is 2.60. The Kier molecular flexibility index (Phi) is 2.71. The van der Waals surface area contributed by atoms with Gasteiger partial charge in [0, 0.05) is 11.3 Å². The van der Waals surface area contributed by atoms with Crippen LogP contribution >= 0.6 is 11.6 Å². The van der Waals surface area contributed by atoms with E-state index in [0.717, 1.165) is 11.6 Å². The third-order valence-electron chi connectivity index (χ3n) is 3.66. The average molecular weight is 247 g/mol. The molecule has 2 aromatic carbocycles. The number of ether oxygens (including phenoxy) is 1. The lowest BCUT2D eigenvalue weighted by atomic mass is 9.99. The number of halogens is 1. The van der Waals surface area contributed by atoms with Gasteiger partial charge in [0.15, 0.2) is 0 Å². The third-order valence-corrected chi connectivity index (χ3v) is 4.05. The second-order valence-electron chi connectivity index (χ2n) is 4.66. The number of hydrogen-bond donors (Lipinski definition) is 0. The van der Waals surface area contributed by atoms with Crippen LogP contribution in [0.1, 0.15) is 17.9 Å². The number of rotatable bonds is 3. The van der Waals surface area contributed by atoms with Crippen molar-refractivity contribution in [3.63, 3.8) is 0 Å². The fourth-order valence-corrected chi connectivity index (χ4v) is 2.94. The van der Waals surface area contributed by atoms with E-state index in [2.05, 4.69) is 36.4 Å². The molecule has 17 heavy (non-hydrogen) atoms. The van der Waals surface area contributed by atoms with Crippen molar-refractivity contribution in [3.05, 3.63) is 42.0 Å². The molecule has 0 N–H and O–H groups in total. The first-order chi connectivity index (χ1) is 8.35. The Morgan fingerprint density at radius 2 is 1.94 bits per heavy atom. The van der Waals surface area contributed by atoms with Gasteiger partial charge < -0.3 is 4.74 Å². The molecular weight excluding hydrogens is 232 g/mol. The second kappa shape index (κ2) is 4.23. The van der Waals surface area contributed by atoms with Crippen LogP contribution in [-0.2, 0) is 0 Å². The lowest BCUT2D eigenvalue weighted by Gasteiger charge is -2.10. The zero-order valence-corrected chi connectivity index (χ0v) is 10.6. The lowest BCUT2D eigenvalue weighted by molar-refractivity contribution is 0.419. The molecule has 1 aliphatic rings. The Balaban J connectivity index is 2.14. The normalized spacial score (nSPS) is 22.7. The standard InChI is InChI=1S/C15H15ClO/c1-17-15-7-6-12(14-8-10(14)9-16)11-4-2-3-5-13(11)15/h2-7,10,14H,8-9H2,1H3. The molecule has 0 saturated heterocycles. The van der Waals surface area contributed by atoms with Gasteiger partial charge in [0.1, 0.15) is 5.75 Å².